The van der Waals surface area contributed by atoms with E-state index in [4.69, 9.17) is 10.2 Å². The largest absolute Gasteiger partial charge is 0.382 e. The molecule has 0 saturated heterocycles. The monoisotopic (exact) mass is 250 g/mol. The van der Waals surface area contributed by atoms with Crippen molar-refractivity contribution in [3.63, 3.8) is 0 Å². The van der Waals surface area contributed by atoms with Gasteiger partial charge in [0.05, 0.1) is 7.11 Å². The van der Waals surface area contributed by atoms with Crippen LogP contribution in [0.15, 0.2) is 18.5 Å². The first-order chi connectivity index (χ1) is 8.47. The molecule has 98 valence electrons. The number of nitrogens with one attached hydrogen (secondary N) is 2. The van der Waals surface area contributed by atoms with Crippen LogP contribution in [0.3, 0.4) is 0 Å². The van der Waals surface area contributed by atoms with E-state index in [1.165, 1.54) is 20.4 Å². The van der Waals surface area contributed by atoms with Crippen LogP contribution >= 0.6 is 0 Å². The first-order valence-electron chi connectivity index (χ1n) is 5.59. The molecule has 0 aliphatic carbocycles. The summed E-state index contributed by atoms with van der Waals surface area (Å²) in [4.78, 5) is 20.6. The summed E-state index contributed by atoms with van der Waals surface area (Å²) >= 11 is 0. The molecule has 0 aromatic carbocycles. The molecule has 6 nitrogen and oxygen atoms in total. The van der Waals surface area contributed by atoms with Gasteiger partial charge in [-0.3, -0.25) is 20.0 Å². The predicted molar refractivity (Wildman–Crippen MR) is 69.6 cm³/mol. The summed E-state index contributed by atoms with van der Waals surface area (Å²) in [7, 11) is 2.84. The lowest BCUT2D eigenvalue weighted by Crippen LogP contribution is -2.33. The fraction of sp³-hybridized carbons (Fsp3) is 0.417. The smallest absolute Gasteiger partial charge is 0.295 e. The minimum Gasteiger partial charge on any atom is -0.382 e. The number of hydroxylamine groups is 2. The summed E-state index contributed by atoms with van der Waals surface area (Å²) in [5.74, 6) is -0.516. The van der Waals surface area contributed by atoms with Gasteiger partial charge in [0.25, 0.3) is 5.91 Å². The summed E-state index contributed by atoms with van der Waals surface area (Å²) < 4.78 is 0. The fourth-order valence-corrected chi connectivity index (χ4v) is 1.39. The molecular formula is C12H18N4O2. The average Bonchev–Trinajstić information content (AvgIpc) is 2.36. The Morgan fingerprint density at radius 2 is 2.22 bits per heavy atom. The van der Waals surface area contributed by atoms with Gasteiger partial charge in [-0.2, -0.15) is 0 Å². The molecule has 1 aromatic rings. The van der Waals surface area contributed by atoms with Gasteiger partial charge in [0.15, 0.2) is 0 Å². The van der Waals surface area contributed by atoms with Crippen molar-refractivity contribution in [2.24, 2.45) is 0 Å². The van der Waals surface area contributed by atoms with Crippen LogP contribution in [0.5, 0.6) is 0 Å². The highest BCUT2D eigenvalue weighted by atomic mass is 16.7. The lowest BCUT2D eigenvalue weighted by Gasteiger charge is -2.17. The Balaban J connectivity index is 3.02. The molecule has 0 spiro atoms. The molecule has 6 heteroatoms. The molecule has 0 unspecified atom stereocenters. The second-order valence-corrected chi connectivity index (χ2v) is 4.08. The molecule has 0 atom stereocenters. The molecule has 1 aromatic heterocycles. The molecular weight excluding hydrogens is 232 g/mol. The molecule has 0 aliphatic rings. The van der Waals surface area contributed by atoms with Crippen LogP contribution in [0.1, 0.15) is 19.4 Å². The van der Waals surface area contributed by atoms with E-state index >= 15 is 0 Å². The van der Waals surface area contributed by atoms with Crippen molar-refractivity contribution >= 4 is 17.3 Å². The molecule has 0 aliphatic heterocycles. The number of nitrogens with zero attached hydrogens (tertiary/aromatic N) is 2. The normalized spacial score (nSPS) is 10.3. The molecule has 0 radical (unpaired) electrons. The maximum atomic E-state index is 11.8. The van der Waals surface area contributed by atoms with E-state index in [2.05, 4.69) is 10.3 Å². The number of carbonyl (C=O) groups excluding carboxylic acids is 1. The maximum absolute atomic E-state index is 11.8. The number of aromatic nitrogens is 1. The Labute approximate surface area is 106 Å². The minimum atomic E-state index is -0.516. The molecule has 0 fully saturated rings. The van der Waals surface area contributed by atoms with Crippen molar-refractivity contribution in [2.75, 3.05) is 19.5 Å². The van der Waals surface area contributed by atoms with Crippen molar-refractivity contribution in [1.82, 2.24) is 10.0 Å². The third-order valence-electron chi connectivity index (χ3n) is 2.31. The molecule has 18 heavy (non-hydrogen) atoms. The molecule has 1 heterocycles. The quantitative estimate of drug-likeness (QED) is 0.609. The Hall–Kier alpha value is -1.95. The number of hydrogen-bond acceptors (Lipinski definition) is 5. The first kappa shape index (κ1) is 14.1. The van der Waals surface area contributed by atoms with Gasteiger partial charge in [0.2, 0.25) is 0 Å². The van der Waals surface area contributed by atoms with Crippen molar-refractivity contribution in [2.45, 2.75) is 19.9 Å². The highest BCUT2D eigenvalue weighted by Gasteiger charge is 2.19. The van der Waals surface area contributed by atoms with Gasteiger partial charge in [-0.05, 0) is 19.9 Å². The Morgan fingerprint density at radius 3 is 2.78 bits per heavy atom. The lowest BCUT2D eigenvalue weighted by atomic mass is 10.1. The van der Waals surface area contributed by atoms with Crippen LogP contribution in [-0.2, 0) is 9.63 Å². The second kappa shape index (κ2) is 6.11. The van der Waals surface area contributed by atoms with Crippen LogP contribution < -0.4 is 5.32 Å². The second-order valence-electron chi connectivity index (χ2n) is 4.08. The van der Waals surface area contributed by atoms with Crippen molar-refractivity contribution in [3.05, 3.63) is 24.0 Å². The van der Waals surface area contributed by atoms with Crippen LogP contribution in [-0.4, -0.2) is 41.9 Å². The molecule has 2 N–H and O–H groups in total. The standard InChI is InChI=1S/C12H18N4O2/c1-8(2)15-10-5-6-14-7-9(10)11(13)12(17)16(3)18-4/h5-8,13H,1-4H3,(H,14,15). The summed E-state index contributed by atoms with van der Waals surface area (Å²) in [6.45, 7) is 3.97. The molecule has 0 bridgehead atoms. The van der Waals surface area contributed by atoms with Crippen LogP contribution in [0.4, 0.5) is 5.69 Å². The van der Waals surface area contributed by atoms with Crippen LogP contribution in [0.2, 0.25) is 0 Å². The first-order valence-corrected chi connectivity index (χ1v) is 5.59. The maximum Gasteiger partial charge on any atom is 0.295 e. The topological polar surface area (TPSA) is 78.3 Å². The van der Waals surface area contributed by atoms with E-state index in [9.17, 15) is 4.79 Å². The highest BCUT2D eigenvalue weighted by Crippen LogP contribution is 2.16. The number of likely N-dealkylation sites (N-methyl/N-ethyl adjacent to an activating group) is 1. The SMILES string of the molecule is CON(C)C(=O)C(=N)c1cnccc1NC(C)C. The van der Waals surface area contributed by atoms with Crippen molar-refractivity contribution in [1.29, 1.82) is 5.41 Å². The van der Waals surface area contributed by atoms with Crippen LogP contribution in [0, 0.1) is 5.41 Å². The number of pyridine rings is 1. The zero-order valence-electron chi connectivity index (χ0n) is 11.0. The van der Waals surface area contributed by atoms with E-state index in [-0.39, 0.29) is 11.8 Å². The zero-order chi connectivity index (χ0) is 13.7. The third-order valence-corrected chi connectivity index (χ3v) is 2.31. The average molecular weight is 250 g/mol. The van der Waals surface area contributed by atoms with E-state index < -0.39 is 5.91 Å². The Bertz CT molecular complexity index is 445. The molecule has 0 saturated carbocycles. The number of rotatable bonds is 5. The summed E-state index contributed by atoms with van der Waals surface area (Å²) in [5, 5.41) is 12.1. The number of hydrogen-bond donors (Lipinski definition) is 2. The van der Waals surface area contributed by atoms with Gasteiger partial charge in [-0.15, -0.1) is 0 Å². The Morgan fingerprint density at radius 1 is 1.56 bits per heavy atom. The van der Waals surface area contributed by atoms with Crippen LogP contribution in [0.25, 0.3) is 0 Å². The number of anilines is 1. The lowest BCUT2D eigenvalue weighted by molar-refractivity contribution is -0.160. The molecule has 1 amide bonds. The summed E-state index contributed by atoms with van der Waals surface area (Å²) in [6, 6.07) is 1.94. The summed E-state index contributed by atoms with van der Waals surface area (Å²) in [6.07, 6.45) is 3.11. The number of carbonyl (C=O) groups is 1. The van der Waals surface area contributed by atoms with Crippen molar-refractivity contribution < 1.29 is 9.63 Å². The number of amides is 1. The predicted octanol–water partition coefficient (Wildman–Crippen LogP) is 1.29. The van der Waals surface area contributed by atoms with E-state index in [0.717, 1.165) is 5.06 Å². The summed E-state index contributed by atoms with van der Waals surface area (Å²) in [5.41, 5.74) is 1.01. The zero-order valence-corrected chi connectivity index (χ0v) is 11.0. The van der Waals surface area contributed by atoms with E-state index in [0.29, 0.717) is 11.3 Å². The van der Waals surface area contributed by atoms with Gasteiger partial charge in [-0.25, -0.2) is 5.06 Å². The van der Waals surface area contributed by atoms with Crippen molar-refractivity contribution in [3.8, 4) is 0 Å². The van der Waals surface area contributed by atoms with Gasteiger partial charge in [0.1, 0.15) is 5.71 Å². The molecule has 1 rings (SSSR count). The fourth-order valence-electron chi connectivity index (χ4n) is 1.39. The third kappa shape index (κ3) is 3.27. The van der Waals surface area contributed by atoms with Gasteiger partial charge in [0, 0.05) is 36.7 Å². The minimum absolute atomic E-state index is 0.157. The van der Waals surface area contributed by atoms with E-state index in [1.807, 2.05) is 13.8 Å². The van der Waals surface area contributed by atoms with Gasteiger partial charge in [-0.1, -0.05) is 0 Å². The highest BCUT2D eigenvalue weighted by molar-refractivity contribution is 6.44. The van der Waals surface area contributed by atoms with Gasteiger partial charge >= 0.3 is 0 Å². The van der Waals surface area contributed by atoms with Gasteiger partial charge < -0.3 is 5.32 Å². The Kier molecular flexibility index (Phi) is 4.79. The van der Waals surface area contributed by atoms with E-state index in [1.54, 1.807) is 12.3 Å².